The summed E-state index contributed by atoms with van der Waals surface area (Å²) in [4.78, 5) is 14.1. The highest BCUT2D eigenvalue weighted by molar-refractivity contribution is 5.76. The summed E-state index contributed by atoms with van der Waals surface area (Å²) < 4.78 is 5.47. The van der Waals surface area contributed by atoms with E-state index in [1.165, 1.54) is 0 Å². The Morgan fingerprint density at radius 3 is 2.76 bits per heavy atom. The minimum absolute atomic E-state index is 0.100. The fourth-order valence-corrected chi connectivity index (χ4v) is 2.22. The van der Waals surface area contributed by atoms with Gasteiger partial charge in [0.1, 0.15) is 0 Å². The molecule has 4 heteroatoms. The number of hydrogen-bond donors (Lipinski definition) is 1. The van der Waals surface area contributed by atoms with Crippen LogP contribution in [0.25, 0.3) is 0 Å². The lowest BCUT2D eigenvalue weighted by Crippen LogP contribution is -2.49. The number of amides is 1. The van der Waals surface area contributed by atoms with Gasteiger partial charge in [0.2, 0.25) is 5.91 Å². The molecule has 0 spiro atoms. The average Bonchev–Trinajstić information content (AvgIpc) is 2.25. The molecule has 2 atom stereocenters. The number of morpholine rings is 1. The third kappa shape index (κ3) is 5.04. The normalized spacial score (nSPS) is 22.9. The van der Waals surface area contributed by atoms with Crippen LogP contribution in [0, 0.1) is 5.92 Å². The van der Waals surface area contributed by atoms with Crippen LogP contribution in [0.15, 0.2) is 0 Å². The fraction of sp³-hybridized carbons (Fsp3) is 0.923. The lowest BCUT2D eigenvalue weighted by atomic mass is 10.0. The van der Waals surface area contributed by atoms with Gasteiger partial charge < -0.3 is 15.4 Å². The third-order valence-electron chi connectivity index (χ3n) is 3.10. The van der Waals surface area contributed by atoms with Crippen LogP contribution in [0.1, 0.15) is 40.0 Å². The van der Waals surface area contributed by atoms with Crippen molar-refractivity contribution in [1.29, 1.82) is 0 Å². The number of nitrogens with zero attached hydrogens (tertiary/aromatic N) is 1. The summed E-state index contributed by atoms with van der Waals surface area (Å²) in [6, 6.07) is 0.355. The summed E-state index contributed by atoms with van der Waals surface area (Å²) in [5.74, 6) is 0.821. The quantitative estimate of drug-likeness (QED) is 0.792. The second-order valence-corrected chi connectivity index (χ2v) is 5.46. The molecule has 0 aromatic heterocycles. The Morgan fingerprint density at radius 2 is 2.18 bits per heavy atom. The van der Waals surface area contributed by atoms with Crippen molar-refractivity contribution >= 4 is 5.91 Å². The molecule has 1 heterocycles. The minimum atomic E-state index is 0.100. The summed E-state index contributed by atoms with van der Waals surface area (Å²) in [6.07, 6.45) is 2.35. The molecular weight excluding hydrogens is 216 g/mol. The van der Waals surface area contributed by atoms with Crippen LogP contribution in [0.3, 0.4) is 0 Å². The van der Waals surface area contributed by atoms with Gasteiger partial charge in [-0.3, -0.25) is 4.79 Å². The fourth-order valence-electron chi connectivity index (χ4n) is 2.22. The van der Waals surface area contributed by atoms with E-state index in [1.54, 1.807) is 0 Å². The van der Waals surface area contributed by atoms with Crippen molar-refractivity contribution in [2.24, 2.45) is 11.7 Å². The molecule has 1 rings (SSSR count). The zero-order valence-electron chi connectivity index (χ0n) is 11.3. The maximum absolute atomic E-state index is 12.1. The molecule has 1 saturated heterocycles. The van der Waals surface area contributed by atoms with E-state index in [0.717, 1.165) is 19.4 Å². The molecule has 17 heavy (non-hydrogen) atoms. The van der Waals surface area contributed by atoms with E-state index >= 15 is 0 Å². The first-order valence-corrected chi connectivity index (χ1v) is 6.63. The highest BCUT2D eigenvalue weighted by atomic mass is 16.5. The first-order chi connectivity index (χ1) is 8.00. The number of carbonyl (C=O) groups excluding carboxylic acids is 1. The number of nitrogens with two attached hydrogens (primary N) is 1. The van der Waals surface area contributed by atoms with Crippen LogP contribution in [-0.4, -0.2) is 42.6 Å². The number of ether oxygens (including phenoxy) is 1. The van der Waals surface area contributed by atoms with Crippen LogP contribution >= 0.6 is 0 Å². The van der Waals surface area contributed by atoms with Gasteiger partial charge in [-0.15, -0.1) is 0 Å². The molecule has 2 N–H and O–H groups in total. The molecule has 1 aliphatic rings. The zero-order chi connectivity index (χ0) is 12.8. The first kappa shape index (κ1) is 14.5. The molecule has 2 unspecified atom stereocenters. The summed E-state index contributed by atoms with van der Waals surface area (Å²) in [5, 5.41) is 0. The van der Waals surface area contributed by atoms with Gasteiger partial charge in [-0.1, -0.05) is 13.8 Å². The molecule has 1 amide bonds. The molecule has 1 aliphatic heterocycles. The molecule has 0 aromatic rings. The van der Waals surface area contributed by atoms with Crippen LogP contribution < -0.4 is 5.73 Å². The van der Waals surface area contributed by atoms with E-state index in [0.29, 0.717) is 25.6 Å². The van der Waals surface area contributed by atoms with E-state index in [2.05, 4.69) is 13.8 Å². The van der Waals surface area contributed by atoms with Gasteiger partial charge in [-0.05, 0) is 25.7 Å². The molecule has 0 aromatic carbocycles. The lowest BCUT2D eigenvalue weighted by Gasteiger charge is -2.36. The van der Waals surface area contributed by atoms with E-state index in [1.807, 2.05) is 11.8 Å². The predicted octanol–water partition coefficient (Wildman–Crippen LogP) is 1.39. The molecule has 0 bridgehead atoms. The zero-order valence-corrected chi connectivity index (χ0v) is 11.3. The summed E-state index contributed by atoms with van der Waals surface area (Å²) >= 11 is 0. The van der Waals surface area contributed by atoms with E-state index < -0.39 is 0 Å². The topological polar surface area (TPSA) is 55.6 Å². The standard InChI is InChI=1S/C13H26N2O2/c1-10(2)8-12-9-17-7-6-15(12)13(16)5-4-11(3)14/h10-12H,4-9,14H2,1-3H3. The minimum Gasteiger partial charge on any atom is -0.377 e. The third-order valence-corrected chi connectivity index (χ3v) is 3.10. The predicted molar refractivity (Wildman–Crippen MR) is 68.7 cm³/mol. The van der Waals surface area contributed by atoms with Crippen LogP contribution in [0.5, 0.6) is 0 Å². The van der Waals surface area contributed by atoms with Gasteiger partial charge >= 0.3 is 0 Å². The highest BCUT2D eigenvalue weighted by Crippen LogP contribution is 2.17. The maximum Gasteiger partial charge on any atom is 0.223 e. The van der Waals surface area contributed by atoms with E-state index in [9.17, 15) is 4.79 Å². The Bertz CT molecular complexity index is 242. The van der Waals surface area contributed by atoms with Crippen molar-refractivity contribution in [3.05, 3.63) is 0 Å². The summed E-state index contributed by atoms with van der Waals surface area (Å²) in [5.41, 5.74) is 5.69. The van der Waals surface area contributed by atoms with Crippen molar-refractivity contribution < 1.29 is 9.53 Å². The Balaban J connectivity index is 2.48. The van der Waals surface area contributed by atoms with E-state index in [4.69, 9.17) is 10.5 Å². The molecule has 0 saturated carbocycles. The smallest absolute Gasteiger partial charge is 0.223 e. The van der Waals surface area contributed by atoms with Crippen molar-refractivity contribution in [2.45, 2.75) is 52.1 Å². The van der Waals surface area contributed by atoms with Crippen LogP contribution in [-0.2, 0) is 9.53 Å². The van der Waals surface area contributed by atoms with Gasteiger partial charge in [0.05, 0.1) is 19.3 Å². The van der Waals surface area contributed by atoms with Crippen molar-refractivity contribution in [3.8, 4) is 0 Å². The lowest BCUT2D eigenvalue weighted by molar-refractivity contribution is -0.140. The Hall–Kier alpha value is -0.610. The van der Waals surface area contributed by atoms with Crippen LogP contribution in [0.4, 0.5) is 0 Å². The average molecular weight is 242 g/mol. The van der Waals surface area contributed by atoms with Crippen molar-refractivity contribution in [2.75, 3.05) is 19.8 Å². The Labute approximate surface area is 104 Å². The van der Waals surface area contributed by atoms with Crippen molar-refractivity contribution in [1.82, 2.24) is 4.90 Å². The second kappa shape index (κ2) is 6.97. The molecule has 1 fully saturated rings. The van der Waals surface area contributed by atoms with Gasteiger partial charge in [0.25, 0.3) is 0 Å². The molecule has 4 nitrogen and oxygen atoms in total. The highest BCUT2D eigenvalue weighted by Gasteiger charge is 2.27. The second-order valence-electron chi connectivity index (χ2n) is 5.46. The SMILES string of the molecule is CC(C)CC1COCCN1C(=O)CCC(C)N. The monoisotopic (exact) mass is 242 g/mol. The van der Waals surface area contributed by atoms with Gasteiger partial charge in [-0.2, -0.15) is 0 Å². The van der Waals surface area contributed by atoms with Gasteiger partial charge in [-0.25, -0.2) is 0 Å². The molecule has 0 radical (unpaired) electrons. The Morgan fingerprint density at radius 1 is 1.47 bits per heavy atom. The van der Waals surface area contributed by atoms with E-state index in [-0.39, 0.29) is 18.0 Å². The first-order valence-electron chi connectivity index (χ1n) is 6.63. The van der Waals surface area contributed by atoms with Gasteiger partial charge in [0.15, 0.2) is 0 Å². The maximum atomic E-state index is 12.1. The summed E-state index contributed by atoms with van der Waals surface area (Å²) in [6.45, 7) is 8.38. The molecule has 0 aliphatic carbocycles. The summed E-state index contributed by atoms with van der Waals surface area (Å²) in [7, 11) is 0. The molecular formula is C13H26N2O2. The molecule has 100 valence electrons. The number of rotatable bonds is 5. The van der Waals surface area contributed by atoms with Crippen molar-refractivity contribution in [3.63, 3.8) is 0 Å². The Kier molecular flexibility index (Phi) is 5.92. The largest absolute Gasteiger partial charge is 0.377 e. The number of carbonyl (C=O) groups is 1. The van der Waals surface area contributed by atoms with Crippen LogP contribution in [0.2, 0.25) is 0 Å². The van der Waals surface area contributed by atoms with Gasteiger partial charge in [0, 0.05) is 19.0 Å². The number of hydrogen-bond acceptors (Lipinski definition) is 3.